The molecule has 0 aliphatic carbocycles. The second kappa shape index (κ2) is 8.45. The number of piperidine rings is 1. The number of ether oxygens (including phenoxy) is 2. The molecule has 2 aromatic carbocycles. The van der Waals surface area contributed by atoms with Crippen LogP contribution in [0.2, 0.25) is 0 Å². The van der Waals surface area contributed by atoms with Crippen molar-refractivity contribution in [2.75, 3.05) is 32.2 Å². The molecule has 5 heteroatoms. The molecule has 2 N–H and O–H groups in total. The summed E-state index contributed by atoms with van der Waals surface area (Å²) in [5.74, 6) is 1.86. The monoisotopic (exact) mass is 362 g/mol. The first-order valence-corrected chi connectivity index (χ1v) is 8.41. The van der Waals surface area contributed by atoms with Gasteiger partial charge in [0.15, 0.2) is 11.5 Å². The maximum Gasteiger partial charge on any atom is 0.162 e. The quantitative estimate of drug-likeness (QED) is 0.899. The van der Waals surface area contributed by atoms with Crippen molar-refractivity contribution in [2.45, 2.75) is 25.3 Å². The third-order valence-corrected chi connectivity index (χ3v) is 4.87. The van der Waals surface area contributed by atoms with Crippen LogP contribution in [0, 0.1) is 6.92 Å². The molecule has 2 atom stereocenters. The molecule has 1 aliphatic rings. The first kappa shape index (κ1) is 19.4. The van der Waals surface area contributed by atoms with E-state index in [1.807, 2.05) is 12.1 Å². The molecule has 25 heavy (non-hydrogen) atoms. The summed E-state index contributed by atoms with van der Waals surface area (Å²) in [5.41, 5.74) is 10.2. The molecule has 2 aromatic rings. The Bertz CT molecular complexity index is 708. The second-order valence-corrected chi connectivity index (χ2v) is 6.46. The molecule has 1 aliphatic heterocycles. The van der Waals surface area contributed by atoms with E-state index in [1.54, 1.807) is 14.2 Å². The summed E-state index contributed by atoms with van der Waals surface area (Å²) < 4.78 is 10.8. The van der Waals surface area contributed by atoms with Crippen LogP contribution in [-0.4, -0.2) is 33.4 Å². The van der Waals surface area contributed by atoms with Gasteiger partial charge in [-0.3, -0.25) is 0 Å². The third kappa shape index (κ3) is 4.20. The van der Waals surface area contributed by atoms with Gasteiger partial charge >= 0.3 is 0 Å². The van der Waals surface area contributed by atoms with Crippen LogP contribution in [0.4, 0.5) is 5.69 Å². The van der Waals surface area contributed by atoms with Crippen molar-refractivity contribution in [3.63, 3.8) is 0 Å². The van der Waals surface area contributed by atoms with E-state index in [1.165, 1.54) is 11.1 Å². The van der Waals surface area contributed by atoms with E-state index in [-0.39, 0.29) is 18.4 Å². The number of hydrogen-bond acceptors (Lipinski definition) is 4. The highest BCUT2D eigenvalue weighted by atomic mass is 35.5. The van der Waals surface area contributed by atoms with Crippen LogP contribution in [0.1, 0.15) is 23.5 Å². The lowest BCUT2D eigenvalue weighted by molar-refractivity contribution is 0.354. The molecule has 1 fully saturated rings. The van der Waals surface area contributed by atoms with Crippen LogP contribution < -0.4 is 20.1 Å². The zero-order chi connectivity index (χ0) is 17.1. The Morgan fingerprint density at radius 3 is 2.48 bits per heavy atom. The molecule has 0 radical (unpaired) electrons. The lowest BCUT2D eigenvalue weighted by Crippen LogP contribution is -2.45. The summed E-state index contributed by atoms with van der Waals surface area (Å²) in [7, 11) is 3.33. The molecule has 0 bridgehead atoms. The maximum absolute atomic E-state index is 6.43. The smallest absolute Gasteiger partial charge is 0.162 e. The van der Waals surface area contributed by atoms with Gasteiger partial charge in [0.05, 0.1) is 14.2 Å². The summed E-state index contributed by atoms with van der Waals surface area (Å²) in [6.07, 6.45) is 0.979. The van der Waals surface area contributed by atoms with Gasteiger partial charge in [0.1, 0.15) is 0 Å². The molecule has 0 amide bonds. The van der Waals surface area contributed by atoms with Crippen LogP contribution >= 0.6 is 12.4 Å². The van der Waals surface area contributed by atoms with E-state index in [2.05, 4.69) is 42.2 Å². The van der Waals surface area contributed by atoms with Gasteiger partial charge in [-0.2, -0.15) is 0 Å². The minimum Gasteiger partial charge on any atom is -0.493 e. The number of hydrogen-bond donors (Lipinski definition) is 1. The van der Waals surface area contributed by atoms with Gasteiger partial charge < -0.3 is 20.1 Å². The standard InChI is InChI=1S/C20H26N2O2.ClH/c1-14-5-4-6-15(11-14)17-13-22(10-9-18(17)21)16-7-8-19(23-2)20(12-16)24-3;/h4-8,11-12,17-18H,9-10,13,21H2,1-3H3;1H. The van der Waals surface area contributed by atoms with Gasteiger partial charge in [0, 0.05) is 36.8 Å². The molecule has 1 heterocycles. The van der Waals surface area contributed by atoms with E-state index in [4.69, 9.17) is 15.2 Å². The van der Waals surface area contributed by atoms with Gasteiger partial charge in [-0.05, 0) is 31.0 Å². The highest BCUT2D eigenvalue weighted by molar-refractivity contribution is 5.85. The van der Waals surface area contributed by atoms with E-state index in [9.17, 15) is 0 Å². The second-order valence-electron chi connectivity index (χ2n) is 6.46. The molecule has 3 rings (SSSR count). The number of aryl methyl sites for hydroxylation is 1. The highest BCUT2D eigenvalue weighted by Crippen LogP contribution is 2.35. The van der Waals surface area contributed by atoms with Crippen LogP contribution in [0.3, 0.4) is 0 Å². The van der Waals surface area contributed by atoms with Gasteiger partial charge in [-0.1, -0.05) is 29.8 Å². The van der Waals surface area contributed by atoms with Crippen molar-refractivity contribution in [3.8, 4) is 11.5 Å². The Balaban J connectivity index is 0.00000225. The fraction of sp³-hybridized carbons (Fsp3) is 0.400. The number of anilines is 1. The van der Waals surface area contributed by atoms with Gasteiger partial charge in [0.25, 0.3) is 0 Å². The molecule has 136 valence electrons. The fourth-order valence-electron chi connectivity index (χ4n) is 3.48. The van der Waals surface area contributed by atoms with Gasteiger partial charge in [-0.25, -0.2) is 0 Å². The van der Waals surface area contributed by atoms with Gasteiger partial charge in [0.2, 0.25) is 0 Å². The predicted molar refractivity (Wildman–Crippen MR) is 106 cm³/mol. The Kier molecular flexibility index (Phi) is 6.57. The molecule has 0 aromatic heterocycles. The Morgan fingerprint density at radius 1 is 1.04 bits per heavy atom. The number of methoxy groups -OCH3 is 2. The number of halogens is 1. The summed E-state index contributed by atoms with van der Waals surface area (Å²) >= 11 is 0. The summed E-state index contributed by atoms with van der Waals surface area (Å²) in [5, 5.41) is 0. The Labute approximate surface area is 156 Å². The molecule has 0 saturated carbocycles. The average Bonchev–Trinajstić information content (AvgIpc) is 2.61. The van der Waals surface area contributed by atoms with Crippen molar-refractivity contribution in [3.05, 3.63) is 53.6 Å². The van der Waals surface area contributed by atoms with E-state index in [0.717, 1.165) is 36.7 Å². The molecule has 0 spiro atoms. The topological polar surface area (TPSA) is 47.7 Å². The van der Waals surface area contributed by atoms with Crippen LogP contribution in [0.15, 0.2) is 42.5 Å². The minimum absolute atomic E-state index is 0. The van der Waals surface area contributed by atoms with Crippen LogP contribution in [0.25, 0.3) is 0 Å². The lowest BCUT2D eigenvalue weighted by atomic mass is 9.85. The van der Waals surface area contributed by atoms with Gasteiger partial charge in [-0.15, -0.1) is 12.4 Å². The Hall–Kier alpha value is -1.91. The maximum atomic E-state index is 6.43. The predicted octanol–water partition coefficient (Wildman–Crippen LogP) is 3.76. The number of nitrogens with two attached hydrogens (primary N) is 1. The normalized spacial score (nSPS) is 19.9. The summed E-state index contributed by atoms with van der Waals surface area (Å²) in [6.45, 7) is 4.00. The zero-order valence-corrected chi connectivity index (χ0v) is 15.9. The van der Waals surface area contributed by atoms with Crippen molar-refractivity contribution in [1.82, 2.24) is 0 Å². The van der Waals surface area contributed by atoms with Crippen molar-refractivity contribution in [2.24, 2.45) is 5.73 Å². The van der Waals surface area contributed by atoms with Crippen molar-refractivity contribution in [1.29, 1.82) is 0 Å². The minimum atomic E-state index is 0. The summed E-state index contributed by atoms with van der Waals surface area (Å²) in [4.78, 5) is 2.39. The molecule has 4 nitrogen and oxygen atoms in total. The van der Waals surface area contributed by atoms with E-state index >= 15 is 0 Å². The number of rotatable bonds is 4. The van der Waals surface area contributed by atoms with Crippen molar-refractivity contribution >= 4 is 18.1 Å². The highest BCUT2D eigenvalue weighted by Gasteiger charge is 2.28. The number of nitrogens with zero attached hydrogens (tertiary/aromatic N) is 1. The first-order chi connectivity index (χ1) is 11.6. The summed E-state index contributed by atoms with van der Waals surface area (Å²) in [6, 6.07) is 15.0. The largest absolute Gasteiger partial charge is 0.493 e. The molecular weight excluding hydrogens is 336 g/mol. The lowest BCUT2D eigenvalue weighted by Gasteiger charge is -2.38. The number of benzene rings is 2. The molecular formula is C20H27ClN2O2. The molecule has 1 saturated heterocycles. The van der Waals surface area contributed by atoms with Crippen molar-refractivity contribution < 1.29 is 9.47 Å². The average molecular weight is 363 g/mol. The SMILES string of the molecule is COc1ccc(N2CCC(N)C(c3cccc(C)c3)C2)cc1OC.Cl. The van der Waals surface area contributed by atoms with Crippen LogP contribution in [0.5, 0.6) is 11.5 Å². The third-order valence-electron chi connectivity index (χ3n) is 4.87. The van der Waals surface area contributed by atoms with E-state index in [0.29, 0.717) is 5.92 Å². The Morgan fingerprint density at radius 2 is 1.80 bits per heavy atom. The van der Waals surface area contributed by atoms with E-state index < -0.39 is 0 Å². The zero-order valence-electron chi connectivity index (χ0n) is 15.1. The molecule has 2 unspecified atom stereocenters. The first-order valence-electron chi connectivity index (χ1n) is 8.41. The van der Waals surface area contributed by atoms with Crippen LogP contribution in [-0.2, 0) is 0 Å². The fourth-order valence-corrected chi connectivity index (χ4v) is 3.48.